The molecule has 3 aromatic carbocycles. The quantitative estimate of drug-likeness (QED) is 0.00582. The van der Waals surface area contributed by atoms with Crippen molar-refractivity contribution in [2.75, 3.05) is 43.5 Å². The zero-order valence-corrected chi connectivity index (χ0v) is 66.5. The van der Waals surface area contributed by atoms with E-state index in [1.807, 2.05) is 0 Å². The van der Waals surface area contributed by atoms with Gasteiger partial charge >= 0.3 is 35.8 Å². The van der Waals surface area contributed by atoms with Crippen molar-refractivity contribution in [1.29, 1.82) is 5.26 Å². The predicted molar refractivity (Wildman–Crippen MR) is 418 cm³/mol. The van der Waals surface area contributed by atoms with Gasteiger partial charge in [0.1, 0.15) is 31.9 Å². The SMILES string of the molecule is CC(C)(C)SSC[C@H](CC(=O)OCc1ccc(N=[N+]=[N-])cc1)C(=O)NCCCC[C@H](N)C(=O)O.C[C@@H](CCCCNC(=O)[C@H](CSSC(C)(C)C)CC(=O)OCc1ccc(N=[N+]=[N-])cc1)C(=O)O.C[C@@H](CCCCNC(=O)[C@H](CSSC(C)(C)C)CC(=O)OCc1ccc(N=[N+]=[N-])cc1)C(=O)OCC#N. The molecular weight excluding hydrogens is 1470 g/mol. The highest BCUT2D eigenvalue weighted by Gasteiger charge is 2.28. The van der Waals surface area contributed by atoms with Crippen LogP contribution < -0.4 is 21.7 Å². The summed E-state index contributed by atoms with van der Waals surface area (Å²) in [6.07, 6.45) is 5.31. The molecule has 0 heterocycles. The van der Waals surface area contributed by atoms with E-state index in [4.69, 9.17) is 56.7 Å². The molecule has 29 nitrogen and oxygen atoms in total. The summed E-state index contributed by atoms with van der Waals surface area (Å²) >= 11 is 0. The lowest BCUT2D eigenvalue weighted by atomic mass is 10.0. The molecule has 3 rings (SSSR count). The summed E-state index contributed by atoms with van der Waals surface area (Å²) in [4.78, 5) is 117. The monoisotopic (exact) mass is 1570 g/mol. The fraction of sp³-hybridized carbons (Fsp3) is 0.600. The molecule has 0 aliphatic rings. The van der Waals surface area contributed by atoms with Crippen LogP contribution >= 0.6 is 64.8 Å². The van der Waals surface area contributed by atoms with E-state index in [0.717, 1.165) is 16.7 Å². The number of nitrogens with two attached hydrogens (primary N) is 1. The van der Waals surface area contributed by atoms with Gasteiger partial charge in [-0.3, -0.25) is 43.2 Å². The number of rotatable bonds is 46. The molecule has 578 valence electrons. The van der Waals surface area contributed by atoms with Crippen molar-refractivity contribution < 1.29 is 72.3 Å². The van der Waals surface area contributed by atoms with E-state index in [0.29, 0.717) is 112 Å². The molecule has 0 bridgehead atoms. The van der Waals surface area contributed by atoms with E-state index in [1.165, 1.54) is 10.8 Å². The Morgan fingerprint density at radius 2 is 0.771 bits per heavy atom. The summed E-state index contributed by atoms with van der Waals surface area (Å²) in [5.41, 5.74) is 34.5. The Kier molecular flexibility index (Phi) is 49.1. The zero-order valence-electron chi connectivity index (χ0n) is 61.6. The van der Waals surface area contributed by atoms with Crippen LogP contribution in [-0.2, 0) is 81.9 Å². The van der Waals surface area contributed by atoms with Crippen molar-refractivity contribution in [2.24, 2.45) is 50.7 Å². The molecule has 0 saturated carbocycles. The number of benzene rings is 3. The van der Waals surface area contributed by atoms with E-state index in [9.17, 15) is 43.2 Å². The van der Waals surface area contributed by atoms with Crippen LogP contribution in [-0.4, -0.2) is 128 Å². The van der Waals surface area contributed by atoms with E-state index >= 15 is 0 Å². The highest BCUT2D eigenvalue weighted by atomic mass is 33.1. The highest BCUT2D eigenvalue weighted by Crippen LogP contribution is 2.39. The van der Waals surface area contributed by atoms with Crippen LogP contribution in [0.4, 0.5) is 17.1 Å². The largest absolute Gasteiger partial charge is 0.481 e. The number of nitrogens with one attached hydrogen (secondary N) is 3. The Morgan fingerprint density at radius 1 is 0.476 bits per heavy atom. The first-order valence-electron chi connectivity index (χ1n) is 34.0. The summed E-state index contributed by atoms with van der Waals surface area (Å²) in [6, 6.07) is 20.9. The van der Waals surface area contributed by atoms with Crippen LogP contribution in [0.15, 0.2) is 88.1 Å². The number of azide groups is 3. The van der Waals surface area contributed by atoms with E-state index in [2.05, 4.69) is 108 Å². The lowest BCUT2D eigenvalue weighted by Crippen LogP contribution is -2.35. The fourth-order valence-corrected chi connectivity index (χ4v) is 16.1. The predicted octanol–water partition coefficient (Wildman–Crippen LogP) is 16.3. The van der Waals surface area contributed by atoms with Crippen LogP contribution in [0.25, 0.3) is 31.3 Å². The smallest absolute Gasteiger partial charge is 0.320 e. The number of carboxylic acids is 2. The molecule has 0 radical (unpaired) electrons. The number of carbonyl (C=O) groups excluding carboxylic acids is 7. The molecule has 0 saturated heterocycles. The normalized spacial score (nSPS) is 12.7. The van der Waals surface area contributed by atoms with Crippen molar-refractivity contribution in [3.63, 3.8) is 0 Å². The van der Waals surface area contributed by atoms with Crippen molar-refractivity contribution >= 4 is 135 Å². The topological polar surface area (TPSA) is 463 Å². The lowest BCUT2D eigenvalue weighted by Gasteiger charge is -2.20. The molecular formula is C70H102N14O15S6. The second-order valence-corrected chi connectivity index (χ2v) is 36.4. The lowest BCUT2D eigenvalue weighted by molar-refractivity contribution is -0.148. The number of aliphatic carboxylic acids is 2. The Labute approximate surface area is 639 Å². The van der Waals surface area contributed by atoms with Crippen molar-refractivity contribution in [3.05, 3.63) is 121 Å². The maximum atomic E-state index is 12.8. The molecule has 0 fully saturated rings. The third-order valence-corrected chi connectivity index (χ3v) is 24.2. The summed E-state index contributed by atoms with van der Waals surface area (Å²) in [7, 11) is 9.59. The van der Waals surface area contributed by atoms with Crippen molar-refractivity contribution in [3.8, 4) is 6.07 Å². The number of amides is 3. The van der Waals surface area contributed by atoms with Gasteiger partial charge in [0.15, 0.2) is 6.61 Å². The molecule has 0 aliphatic carbocycles. The Balaban J connectivity index is 0.000000788. The number of hydrogen-bond acceptors (Lipinski definition) is 24. The van der Waals surface area contributed by atoms with Gasteiger partial charge in [0.2, 0.25) is 17.7 Å². The molecule has 3 amide bonds. The van der Waals surface area contributed by atoms with Gasteiger partial charge in [-0.2, -0.15) is 5.26 Å². The Morgan fingerprint density at radius 3 is 1.04 bits per heavy atom. The fourth-order valence-electron chi connectivity index (χ4n) is 8.28. The number of carbonyl (C=O) groups is 9. The second-order valence-electron chi connectivity index (χ2n) is 26.9. The molecule has 105 heavy (non-hydrogen) atoms. The molecule has 7 N–H and O–H groups in total. The average molecular weight is 1570 g/mol. The average Bonchev–Trinajstić information content (AvgIpc) is 0.921. The first-order valence-corrected chi connectivity index (χ1v) is 40.9. The number of nitrogens with zero attached hydrogens (tertiary/aromatic N) is 10. The van der Waals surface area contributed by atoms with Gasteiger partial charge < -0.3 is 50.8 Å². The van der Waals surface area contributed by atoms with Gasteiger partial charge in [0.05, 0.1) is 48.9 Å². The van der Waals surface area contributed by atoms with Crippen LogP contribution in [0.2, 0.25) is 0 Å². The maximum Gasteiger partial charge on any atom is 0.320 e. The third kappa shape index (κ3) is 49.7. The summed E-state index contributed by atoms with van der Waals surface area (Å²) < 4.78 is 20.9. The van der Waals surface area contributed by atoms with Gasteiger partial charge in [-0.1, -0.05) is 242 Å². The molecule has 0 aliphatic heterocycles. The molecule has 35 heteroatoms. The first kappa shape index (κ1) is 95.4. The first-order chi connectivity index (χ1) is 49.6. The minimum absolute atomic E-state index is 0.0108. The highest BCUT2D eigenvalue weighted by molar-refractivity contribution is 8.77. The van der Waals surface area contributed by atoms with Crippen LogP contribution in [0.3, 0.4) is 0 Å². The second kappa shape index (κ2) is 54.0. The number of carboxylic acid groups (broad SMARTS) is 2. The summed E-state index contributed by atoms with van der Waals surface area (Å²) in [5.74, 6) is -5.27. The van der Waals surface area contributed by atoms with Crippen LogP contribution in [0.5, 0.6) is 0 Å². The molecule has 6 atom stereocenters. The van der Waals surface area contributed by atoms with Crippen LogP contribution in [0, 0.1) is 40.9 Å². The molecule has 0 unspecified atom stereocenters. The van der Waals surface area contributed by atoms with Crippen molar-refractivity contribution in [2.45, 2.75) is 193 Å². The third-order valence-electron chi connectivity index (χ3n) is 14.0. The Bertz CT molecular complexity index is 3230. The standard InChI is InChI=1S/C25H35N5O5S2.C23H34N4O5S2.C22H33N5O5S2/c1-18(24(33)34-14-12-26)7-5-6-13-28-23(32)20(17-36-37-25(2,3)4)15-22(31)35-16-19-8-10-21(11-9-19)29-30-27;1-16(22(30)31)7-5-6-12-25-21(29)18(15-33-34-23(2,3)4)13-20(28)32-14-17-8-10-19(11-9-17)26-27-24;1-22(2,3)34-33-14-16(20(29)25-11-5-4-6-18(23)21(30)31)12-19(28)32-13-15-7-9-17(10-8-15)26-27-24/h8-11,18,20H,5-7,13-17H2,1-4H3,(H,28,32);8-11,16,18H,5-7,12-15H2,1-4H3,(H,25,29)(H,30,31);7-10,16,18H,4-6,11-14,23H2,1-3H3,(H,25,29)(H,30,31)/t18-,20-;2*16-,18-/m000/s1. The van der Waals surface area contributed by atoms with E-state index in [-0.39, 0.29) is 83.6 Å². The molecule has 0 aromatic heterocycles. The molecule has 0 spiro atoms. The Hall–Kier alpha value is -7.63. The molecule has 3 aromatic rings. The van der Waals surface area contributed by atoms with E-state index < -0.39 is 65.5 Å². The van der Waals surface area contributed by atoms with E-state index in [1.54, 1.807) is 147 Å². The summed E-state index contributed by atoms with van der Waals surface area (Å²) in [5, 5.41) is 45.3. The van der Waals surface area contributed by atoms with Crippen LogP contribution in [0.1, 0.15) is 170 Å². The minimum atomic E-state index is -1.04. The maximum absolute atomic E-state index is 12.8. The number of nitriles is 1. The van der Waals surface area contributed by atoms with Gasteiger partial charge in [-0.05, 0) is 78.2 Å². The van der Waals surface area contributed by atoms with Gasteiger partial charge in [-0.15, -0.1) is 0 Å². The number of unbranched alkanes of at least 4 members (excludes halogenated alkanes) is 3. The summed E-state index contributed by atoms with van der Waals surface area (Å²) in [6.45, 7) is 23.3. The number of hydrogen-bond donors (Lipinski definition) is 6. The van der Waals surface area contributed by atoms with Gasteiger partial charge in [0.25, 0.3) is 0 Å². The number of esters is 4. The minimum Gasteiger partial charge on any atom is -0.481 e. The number of ether oxygens (including phenoxy) is 4. The van der Waals surface area contributed by atoms with Gasteiger partial charge in [0, 0.05) is 82.9 Å². The van der Waals surface area contributed by atoms with Crippen molar-refractivity contribution in [1.82, 2.24) is 16.0 Å². The zero-order chi connectivity index (χ0) is 78.8. The van der Waals surface area contributed by atoms with Gasteiger partial charge in [-0.25, -0.2) is 0 Å².